The number of nitrogens with one attached hydrogen (secondary N) is 1. The zero-order chi connectivity index (χ0) is 14.4. The first-order chi connectivity index (χ1) is 9.65. The van der Waals surface area contributed by atoms with Crippen LogP contribution < -0.4 is 10.1 Å². The summed E-state index contributed by atoms with van der Waals surface area (Å²) in [6, 6.07) is 6.42. The minimum atomic E-state index is -0.963. The maximum atomic E-state index is 10.8. The lowest BCUT2D eigenvalue weighted by molar-refractivity contribution is 0.0696. The van der Waals surface area contributed by atoms with E-state index in [0.29, 0.717) is 25.4 Å². The maximum absolute atomic E-state index is 10.8. The molecule has 1 aromatic carbocycles. The summed E-state index contributed by atoms with van der Waals surface area (Å²) < 4.78 is 7.11. The van der Waals surface area contributed by atoms with Crippen LogP contribution in [0.2, 0.25) is 0 Å². The molecule has 0 saturated heterocycles. The van der Waals surface area contributed by atoms with Gasteiger partial charge in [0.2, 0.25) is 0 Å². The molecule has 0 aliphatic rings. The molecular weight excluding hydrogens is 260 g/mol. The van der Waals surface area contributed by atoms with Crippen LogP contribution in [0.5, 0.6) is 5.75 Å². The fraction of sp³-hybridized carbons (Fsp3) is 0.308. The van der Waals surface area contributed by atoms with Crippen molar-refractivity contribution in [2.75, 3.05) is 13.2 Å². The van der Waals surface area contributed by atoms with E-state index in [1.807, 2.05) is 7.05 Å². The Morgan fingerprint density at radius 1 is 1.50 bits per heavy atom. The van der Waals surface area contributed by atoms with E-state index in [4.69, 9.17) is 9.84 Å². The Hall–Kier alpha value is -2.41. The number of nitrogens with zero attached hydrogens (tertiary/aromatic N) is 3. The Kier molecular flexibility index (Phi) is 4.67. The van der Waals surface area contributed by atoms with Crippen LogP contribution in [-0.4, -0.2) is 39.0 Å². The summed E-state index contributed by atoms with van der Waals surface area (Å²) in [6.07, 6.45) is 1.64. The third-order valence-electron chi connectivity index (χ3n) is 2.56. The summed E-state index contributed by atoms with van der Waals surface area (Å²) in [5.41, 5.74) is 0.216. The molecule has 0 radical (unpaired) electrons. The molecule has 0 spiro atoms. The number of aromatic carboxylic acids is 1. The molecule has 0 bridgehead atoms. The second-order valence-electron chi connectivity index (χ2n) is 4.19. The normalized spacial score (nSPS) is 10.4. The van der Waals surface area contributed by atoms with E-state index in [2.05, 4.69) is 15.4 Å². The van der Waals surface area contributed by atoms with Gasteiger partial charge in [-0.15, -0.1) is 0 Å². The molecule has 1 heterocycles. The van der Waals surface area contributed by atoms with Gasteiger partial charge >= 0.3 is 5.97 Å². The van der Waals surface area contributed by atoms with Crippen LogP contribution in [0.25, 0.3) is 0 Å². The van der Waals surface area contributed by atoms with Crippen molar-refractivity contribution in [2.24, 2.45) is 7.05 Å². The van der Waals surface area contributed by atoms with Gasteiger partial charge in [-0.2, -0.15) is 5.10 Å². The molecule has 0 aliphatic carbocycles. The molecule has 0 unspecified atom stereocenters. The zero-order valence-electron chi connectivity index (χ0n) is 11.1. The summed E-state index contributed by atoms with van der Waals surface area (Å²) in [6.45, 7) is 1.63. The van der Waals surface area contributed by atoms with Crippen LogP contribution >= 0.6 is 0 Å². The standard InChI is InChI=1S/C13H16N4O3/c1-17-9-15-12(16-17)8-14-5-6-20-11-4-2-3-10(7-11)13(18)19/h2-4,7,9,14H,5-6,8H2,1H3,(H,18,19). The Morgan fingerprint density at radius 2 is 2.35 bits per heavy atom. The number of benzene rings is 1. The Morgan fingerprint density at radius 3 is 3.05 bits per heavy atom. The van der Waals surface area contributed by atoms with Crippen molar-refractivity contribution in [2.45, 2.75) is 6.54 Å². The van der Waals surface area contributed by atoms with Crippen molar-refractivity contribution >= 4 is 5.97 Å². The minimum Gasteiger partial charge on any atom is -0.492 e. The highest BCUT2D eigenvalue weighted by Gasteiger charge is 2.03. The predicted molar refractivity (Wildman–Crippen MR) is 71.6 cm³/mol. The third-order valence-corrected chi connectivity index (χ3v) is 2.56. The van der Waals surface area contributed by atoms with E-state index in [-0.39, 0.29) is 5.56 Å². The number of carboxylic acids is 1. The molecule has 0 aliphatic heterocycles. The highest BCUT2D eigenvalue weighted by atomic mass is 16.5. The molecule has 0 atom stereocenters. The van der Waals surface area contributed by atoms with Crippen LogP contribution in [0.3, 0.4) is 0 Å². The molecule has 20 heavy (non-hydrogen) atoms. The lowest BCUT2D eigenvalue weighted by Crippen LogP contribution is -2.21. The fourth-order valence-corrected chi connectivity index (χ4v) is 1.63. The lowest BCUT2D eigenvalue weighted by Gasteiger charge is -2.07. The van der Waals surface area contributed by atoms with Crippen LogP contribution in [0.15, 0.2) is 30.6 Å². The summed E-state index contributed by atoms with van der Waals surface area (Å²) in [4.78, 5) is 14.9. The number of hydrogen-bond donors (Lipinski definition) is 2. The first-order valence-electron chi connectivity index (χ1n) is 6.16. The smallest absolute Gasteiger partial charge is 0.335 e. The molecule has 7 heteroatoms. The van der Waals surface area contributed by atoms with Gasteiger partial charge in [0.1, 0.15) is 18.7 Å². The summed E-state index contributed by atoms with van der Waals surface area (Å²) in [7, 11) is 1.81. The van der Waals surface area contributed by atoms with E-state index < -0.39 is 5.97 Å². The molecular formula is C13H16N4O3. The van der Waals surface area contributed by atoms with Gasteiger partial charge in [-0.3, -0.25) is 4.68 Å². The average molecular weight is 276 g/mol. The van der Waals surface area contributed by atoms with Crippen molar-refractivity contribution in [3.05, 3.63) is 42.0 Å². The SMILES string of the molecule is Cn1cnc(CNCCOc2cccc(C(=O)O)c2)n1. The van der Waals surface area contributed by atoms with Gasteiger partial charge in [0.15, 0.2) is 5.82 Å². The lowest BCUT2D eigenvalue weighted by atomic mass is 10.2. The van der Waals surface area contributed by atoms with Gasteiger partial charge < -0.3 is 15.2 Å². The van der Waals surface area contributed by atoms with Gasteiger partial charge in [-0.25, -0.2) is 9.78 Å². The van der Waals surface area contributed by atoms with Crippen LogP contribution in [-0.2, 0) is 13.6 Å². The molecule has 0 saturated carbocycles. The summed E-state index contributed by atoms with van der Waals surface area (Å²) in [5, 5.41) is 16.1. The van der Waals surface area contributed by atoms with Crippen molar-refractivity contribution in [1.29, 1.82) is 0 Å². The third kappa shape index (κ3) is 4.06. The number of aryl methyl sites for hydroxylation is 1. The van der Waals surface area contributed by atoms with Crippen molar-refractivity contribution < 1.29 is 14.6 Å². The highest BCUT2D eigenvalue weighted by Crippen LogP contribution is 2.12. The average Bonchev–Trinajstić information content (AvgIpc) is 2.84. The number of hydrogen-bond acceptors (Lipinski definition) is 5. The second-order valence-corrected chi connectivity index (χ2v) is 4.19. The monoisotopic (exact) mass is 276 g/mol. The van der Waals surface area contributed by atoms with Gasteiger partial charge in [-0.05, 0) is 18.2 Å². The molecule has 0 fully saturated rings. The van der Waals surface area contributed by atoms with Crippen molar-refractivity contribution in [1.82, 2.24) is 20.1 Å². The van der Waals surface area contributed by atoms with Crippen LogP contribution in [0.1, 0.15) is 16.2 Å². The van der Waals surface area contributed by atoms with Gasteiger partial charge in [0.25, 0.3) is 0 Å². The van der Waals surface area contributed by atoms with E-state index in [1.54, 1.807) is 23.1 Å². The van der Waals surface area contributed by atoms with E-state index in [9.17, 15) is 4.79 Å². The highest BCUT2D eigenvalue weighted by molar-refractivity contribution is 5.87. The van der Waals surface area contributed by atoms with E-state index >= 15 is 0 Å². The topological polar surface area (TPSA) is 89.3 Å². The first kappa shape index (κ1) is 14.0. The zero-order valence-corrected chi connectivity index (χ0v) is 11.1. The molecule has 106 valence electrons. The quantitative estimate of drug-likeness (QED) is 0.723. The van der Waals surface area contributed by atoms with E-state index in [1.165, 1.54) is 12.1 Å². The Balaban J connectivity index is 1.70. The van der Waals surface area contributed by atoms with E-state index in [0.717, 1.165) is 5.82 Å². The van der Waals surface area contributed by atoms with Crippen LogP contribution in [0.4, 0.5) is 0 Å². The largest absolute Gasteiger partial charge is 0.492 e. The number of carbonyl (C=O) groups is 1. The Labute approximate surface area is 116 Å². The molecule has 2 rings (SSSR count). The second kappa shape index (κ2) is 6.67. The van der Waals surface area contributed by atoms with Gasteiger partial charge in [0.05, 0.1) is 12.1 Å². The maximum Gasteiger partial charge on any atom is 0.335 e. The summed E-state index contributed by atoms with van der Waals surface area (Å²) in [5.74, 6) is 0.304. The number of rotatable bonds is 7. The van der Waals surface area contributed by atoms with Crippen LogP contribution in [0, 0.1) is 0 Å². The van der Waals surface area contributed by atoms with Crippen molar-refractivity contribution in [3.8, 4) is 5.75 Å². The summed E-state index contributed by atoms with van der Waals surface area (Å²) >= 11 is 0. The predicted octanol–water partition coefficient (Wildman–Crippen LogP) is 0.682. The number of aromatic nitrogens is 3. The first-order valence-corrected chi connectivity index (χ1v) is 6.16. The molecule has 0 amide bonds. The Bertz CT molecular complexity index is 583. The molecule has 7 nitrogen and oxygen atoms in total. The van der Waals surface area contributed by atoms with Gasteiger partial charge in [-0.1, -0.05) is 6.07 Å². The number of ether oxygens (including phenoxy) is 1. The van der Waals surface area contributed by atoms with Gasteiger partial charge in [0, 0.05) is 13.6 Å². The minimum absolute atomic E-state index is 0.216. The fourth-order valence-electron chi connectivity index (χ4n) is 1.63. The molecule has 1 aromatic heterocycles. The molecule has 2 aromatic rings. The molecule has 2 N–H and O–H groups in total. The number of carboxylic acid groups (broad SMARTS) is 1. The van der Waals surface area contributed by atoms with Crippen molar-refractivity contribution in [3.63, 3.8) is 0 Å².